The highest BCUT2D eigenvalue weighted by atomic mass is 32.1. The van der Waals surface area contributed by atoms with Crippen molar-refractivity contribution in [3.05, 3.63) is 24.3 Å². The van der Waals surface area contributed by atoms with Crippen LogP contribution >= 0.6 is 12.2 Å². The van der Waals surface area contributed by atoms with E-state index in [2.05, 4.69) is 17.6 Å². The van der Waals surface area contributed by atoms with Crippen LogP contribution < -0.4 is 15.4 Å². The van der Waals surface area contributed by atoms with Gasteiger partial charge in [-0.15, -0.1) is 0 Å². The molecule has 0 radical (unpaired) electrons. The molecule has 2 rings (SSSR count). The second-order valence-electron chi connectivity index (χ2n) is 7.14. The van der Waals surface area contributed by atoms with Crippen molar-refractivity contribution >= 4 is 28.9 Å². The molecule has 4 nitrogen and oxygen atoms in total. The summed E-state index contributed by atoms with van der Waals surface area (Å²) in [4.78, 5) is 12.0. The van der Waals surface area contributed by atoms with E-state index in [1.165, 1.54) is 38.5 Å². The van der Waals surface area contributed by atoms with Crippen molar-refractivity contribution in [1.82, 2.24) is 5.32 Å². The number of rotatable bonds is 10. The number of carbonyl (C=O) groups is 1. The number of carbonyl (C=O) groups excluding carboxylic acids is 1. The largest absolute Gasteiger partial charge is 0.494 e. The van der Waals surface area contributed by atoms with Gasteiger partial charge in [0, 0.05) is 12.1 Å². The number of anilines is 1. The van der Waals surface area contributed by atoms with E-state index in [1.807, 2.05) is 24.3 Å². The lowest BCUT2D eigenvalue weighted by Crippen LogP contribution is -2.34. The molecular weight excluding hydrogens is 344 g/mol. The molecule has 5 heteroatoms. The maximum Gasteiger partial charge on any atom is 0.226 e. The number of hydrogen-bond acceptors (Lipinski definition) is 3. The van der Waals surface area contributed by atoms with Gasteiger partial charge in [0.1, 0.15) is 5.75 Å². The standard InChI is InChI=1S/C21H32N2O2S/c1-2-3-4-5-8-15-25-19-13-11-18(12-14-19)22-21(26)23-20(24)16-17-9-6-7-10-17/h11-14,17H,2-10,15-16H2,1H3,(H2,22,23,24,26). The molecule has 1 saturated carbocycles. The van der Waals surface area contributed by atoms with Gasteiger partial charge in [0.15, 0.2) is 5.11 Å². The van der Waals surface area contributed by atoms with Crippen LogP contribution in [0, 0.1) is 5.92 Å². The van der Waals surface area contributed by atoms with Gasteiger partial charge in [0.2, 0.25) is 5.91 Å². The Labute approximate surface area is 163 Å². The fourth-order valence-corrected chi connectivity index (χ4v) is 3.58. The minimum atomic E-state index is 0.0115. The van der Waals surface area contributed by atoms with Gasteiger partial charge < -0.3 is 15.4 Å². The fourth-order valence-electron chi connectivity index (χ4n) is 3.35. The van der Waals surface area contributed by atoms with E-state index in [0.717, 1.165) is 37.3 Å². The van der Waals surface area contributed by atoms with Crippen LogP contribution in [0.3, 0.4) is 0 Å². The molecule has 0 bridgehead atoms. The van der Waals surface area contributed by atoms with Crippen LogP contribution in [-0.2, 0) is 4.79 Å². The van der Waals surface area contributed by atoms with E-state index < -0.39 is 0 Å². The molecule has 0 saturated heterocycles. The Morgan fingerprint density at radius 2 is 1.81 bits per heavy atom. The summed E-state index contributed by atoms with van der Waals surface area (Å²) in [6, 6.07) is 7.69. The zero-order valence-corrected chi connectivity index (χ0v) is 16.7. The summed E-state index contributed by atoms with van der Waals surface area (Å²) in [6.07, 6.45) is 11.6. The second kappa shape index (κ2) is 11.9. The van der Waals surface area contributed by atoms with Crippen molar-refractivity contribution in [1.29, 1.82) is 0 Å². The highest BCUT2D eigenvalue weighted by Gasteiger charge is 2.18. The first kappa shape index (κ1) is 20.7. The molecule has 1 aliphatic rings. The Morgan fingerprint density at radius 1 is 1.12 bits per heavy atom. The normalized spacial score (nSPS) is 14.2. The number of ether oxygens (including phenoxy) is 1. The molecule has 1 aromatic rings. The summed E-state index contributed by atoms with van der Waals surface area (Å²) < 4.78 is 5.75. The molecule has 1 fully saturated rings. The van der Waals surface area contributed by atoms with Gasteiger partial charge in [-0.2, -0.15) is 0 Å². The van der Waals surface area contributed by atoms with Gasteiger partial charge in [-0.3, -0.25) is 4.79 Å². The number of hydrogen-bond donors (Lipinski definition) is 2. The van der Waals surface area contributed by atoms with Gasteiger partial charge in [-0.1, -0.05) is 45.4 Å². The lowest BCUT2D eigenvalue weighted by atomic mass is 10.0. The summed E-state index contributed by atoms with van der Waals surface area (Å²) >= 11 is 5.23. The van der Waals surface area contributed by atoms with E-state index in [-0.39, 0.29) is 5.91 Å². The lowest BCUT2D eigenvalue weighted by Gasteiger charge is -2.12. The molecule has 144 valence electrons. The third-order valence-electron chi connectivity index (χ3n) is 4.83. The molecule has 0 atom stereocenters. The topological polar surface area (TPSA) is 50.4 Å². The van der Waals surface area contributed by atoms with Gasteiger partial charge in [-0.05, 0) is 61.7 Å². The van der Waals surface area contributed by atoms with Gasteiger partial charge in [0.25, 0.3) is 0 Å². The Kier molecular flexibility index (Phi) is 9.46. The predicted octanol–water partition coefficient (Wildman–Crippen LogP) is 5.43. The molecule has 0 aliphatic heterocycles. The number of unbranched alkanes of at least 4 members (excludes halogenated alkanes) is 4. The zero-order chi connectivity index (χ0) is 18.6. The molecule has 2 N–H and O–H groups in total. The quantitative estimate of drug-likeness (QED) is 0.422. The van der Waals surface area contributed by atoms with E-state index in [9.17, 15) is 4.79 Å². The van der Waals surface area contributed by atoms with Gasteiger partial charge in [0.05, 0.1) is 6.61 Å². The number of benzene rings is 1. The predicted molar refractivity (Wildman–Crippen MR) is 112 cm³/mol. The Hall–Kier alpha value is -1.62. The molecule has 1 amide bonds. The van der Waals surface area contributed by atoms with Crippen molar-refractivity contribution in [3.8, 4) is 5.75 Å². The molecule has 1 aromatic carbocycles. The minimum absolute atomic E-state index is 0.0115. The van der Waals surface area contributed by atoms with Crippen LogP contribution in [0.15, 0.2) is 24.3 Å². The van der Waals surface area contributed by atoms with E-state index in [0.29, 0.717) is 17.5 Å². The van der Waals surface area contributed by atoms with Crippen LogP contribution in [0.2, 0.25) is 0 Å². The molecular formula is C21H32N2O2S. The zero-order valence-electron chi connectivity index (χ0n) is 15.9. The van der Waals surface area contributed by atoms with Crippen molar-refractivity contribution in [2.75, 3.05) is 11.9 Å². The first-order chi connectivity index (χ1) is 12.7. The Morgan fingerprint density at radius 3 is 2.50 bits per heavy atom. The average Bonchev–Trinajstić information content (AvgIpc) is 3.12. The SMILES string of the molecule is CCCCCCCOc1ccc(NC(=S)NC(=O)CC2CCCC2)cc1. The van der Waals surface area contributed by atoms with Crippen LogP contribution in [-0.4, -0.2) is 17.6 Å². The number of nitrogens with one attached hydrogen (secondary N) is 2. The summed E-state index contributed by atoms with van der Waals surface area (Å²) in [7, 11) is 0. The first-order valence-corrected chi connectivity index (χ1v) is 10.4. The van der Waals surface area contributed by atoms with Crippen LogP contribution in [0.25, 0.3) is 0 Å². The second-order valence-corrected chi connectivity index (χ2v) is 7.55. The molecule has 0 spiro atoms. The molecule has 0 unspecified atom stereocenters. The van der Waals surface area contributed by atoms with E-state index in [4.69, 9.17) is 17.0 Å². The maximum absolute atomic E-state index is 12.0. The maximum atomic E-state index is 12.0. The summed E-state index contributed by atoms with van der Waals surface area (Å²) in [5.74, 6) is 1.40. The third kappa shape index (κ3) is 8.17. The van der Waals surface area contributed by atoms with Crippen LogP contribution in [0.5, 0.6) is 5.75 Å². The lowest BCUT2D eigenvalue weighted by molar-refractivity contribution is -0.120. The van der Waals surface area contributed by atoms with Crippen LogP contribution in [0.4, 0.5) is 5.69 Å². The van der Waals surface area contributed by atoms with E-state index >= 15 is 0 Å². The van der Waals surface area contributed by atoms with Crippen LogP contribution in [0.1, 0.15) is 71.1 Å². The smallest absolute Gasteiger partial charge is 0.226 e. The monoisotopic (exact) mass is 376 g/mol. The number of thiocarbonyl (C=S) groups is 1. The average molecular weight is 377 g/mol. The van der Waals surface area contributed by atoms with Crippen molar-refractivity contribution in [3.63, 3.8) is 0 Å². The first-order valence-electron chi connectivity index (χ1n) is 10.0. The Balaban J connectivity index is 1.64. The summed E-state index contributed by atoms with van der Waals surface area (Å²) in [5.41, 5.74) is 0.853. The fraction of sp³-hybridized carbons (Fsp3) is 0.619. The third-order valence-corrected chi connectivity index (χ3v) is 5.03. The highest BCUT2D eigenvalue weighted by molar-refractivity contribution is 7.80. The van der Waals surface area contributed by atoms with Crippen molar-refractivity contribution < 1.29 is 9.53 Å². The molecule has 26 heavy (non-hydrogen) atoms. The van der Waals surface area contributed by atoms with Gasteiger partial charge in [-0.25, -0.2) is 0 Å². The summed E-state index contributed by atoms with van der Waals surface area (Å²) in [5, 5.41) is 6.20. The van der Waals surface area contributed by atoms with Crippen molar-refractivity contribution in [2.24, 2.45) is 5.92 Å². The van der Waals surface area contributed by atoms with E-state index in [1.54, 1.807) is 0 Å². The molecule has 1 aliphatic carbocycles. The molecule has 0 heterocycles. The number of amides is 1. The van der Waals surface area contributed by atoms with Crippen molar-refractivity contribution in [2.45, 2.75) is 71.1 Å². The molecule has 0 aromatic heterocycles. The Bertz CT molecular complexity index is 554. The minimum Gasteiger partial charge on any atom is -0.494 e. The van der Waals surface area contributed by atoms with Gasteiger partial charge >= 0.3 is 0 Å². The highest BCUT2D eigenvalue weighted by Crippen LogP contribution is 2.27. The summed E-state index contributed by atoms with van der Waals surface area (Å²) in [6.45, 7) is 2.98.